The third-order valence-corrected chi connectivity index (χ3v) is 14.4. The third kappa shape index (κ3) is 6.49. The van der Waals surface area contributed by atoms with Crippen molar-refractivity contribution in [2.24, 2.45) is 0 Å². The van der Waals surface area contributed by atoms with E-state index in [1.54, 1.807) is 0 Å². The van der Waals surface area contributed by atoms with Crippen molar-refractivity contribution in [3.8, 4) is 44.5 Å². The lowest BCUT2D eigenvalue weighted by Crippen LogP contribution is -2.09. The molecular formula is C68H43NO. The smallest absolute Gasteiger partial charge is 0.143 e. The molecule has 13 aromatic carbocycles. The van der Waals surface area contributed by atoms with Gasteiger partial charge in [-0.3, -0.25) is 0 Å². The van der Waals surface area contributed by atoms with Gasteiger partial charge in [0.25, 0.3) is 0 Å². The zero-order chi connectivity index (χ0) is 46.1. The van der Waals surface area contributed by atoms with Gasteiger partial charge in [-0.1, -0.05) is 206 Å². The van der Waals surface area contributed by atoms with Crippen LogP contribution in [0, 0.1) is 0 Å². The lowest BCUT2D eigenvalue weighted by molar-refractivity contribution is 0.673. The van der Waals surface area contributed by atoms with E-state index in [0.29, 0.717) is 0 Å². The highest BCUT2D eigenvalue weighted by Gasteiger charge is 2.20. The number of fused-ring (bicyclic) bond motifs is 11. The largest absolute Gasteiger partial charge is 0.455 e. The summed E-state index contributed by atoms with van der Waals surface area (Å²) in [5, 5.41) is 14.5. The Hall–Kier alpha value is -9.24. The summed E-state index contributed by atoms with van der Waals surface area (Å²) < 4.78 is 6.59. The molecule has 0 aliphatic heterocycles. The highest BCUT2D eigenvalue weighted by Crippen LogP contribution is 2.47. The molecule has 0 spiro atoms. The van der Waals surface area contributed by atoms with Crippen LogP contribution in [0.1, 0.15) is 0 Å². The molecule has 0 N–H and O–H groups in total. The maximum absolute atomic E-state index is 6.59. The van der Waals surface area contributed by atoms with E-state index in [0.717, 1.165) is 61.1 Å². The van der Waals surface area contributed by atoms with Gasteiger partial charge in [-0.05, 0) is 148 Å². The molecule has 1 aromatic heterocycles. The predicted molar refractivity (Wildman–Crippen MR) is 298 cm³/mol. The third-order valence-electron chi connectivity index (χ3n) is 14.4. The molecule has 0 atom stereocenters. The van der Waals surface area contributed by atoms with Gasteiger partial charge in [0, 0.05) is 33.2 Å². The van der Waals surface area contributed by atoms with E-state index in [9.17, 15) is 0 Å². The fraction of sp³-hybridized carbons (Fsp3) is 0. The molecule has 0 saturated carbocycles. The molecule has 0 radical (unpaired) electrons. The molecule has 14 aromatic rings. The normalized spacial score (nSPS) is 11.7. The Labute approximate surface area is 405 Å². The van der Waals surface area contributed by atoms with Crippen molar-refractivity contribution >= 4 is 92.9 Å². The molecule has 1 heterocycles. The van der Waals surface area contributed by atoms with Crippen LogP contribution in [0.15, 0.2) is 265 Å². The number of hydrogen-bond donors (Lipinski definition) is 0. The number of rotatable bonds is 7. The monoisotopic (exact) mass is 889 g/mol. The van der Waals surface area contributed by atoms with Crippen molar-refractivity contribution in [2.75, 3.05) is 4.90 Å². The summed E-state index contributed by atoms with van der Waals surface area (Å²) in [4.78, 5) is 2.38. The van der Waals surface area contributed by atoms with Crippen LogP contribution in [-0.4, -0.2) is 0 Å². The standard InChI is InChI=1S/C68H43NO/c1-3-16-48(17-4-1)65-61-23-12-11-22-59(61)60-39-33-50(43-63(60)66(65)49-18-5-2-6-19-49)44-28-34-52(35-29-44)69(54-38-41-56-51(42-54)27-26-45-14-7-9-20-55(45)56)53-36-30-47(31-37-53)57-24-13-25-64-67(57)62-40-32-46-15-8-10-21-58(46)68(62)70-64/h1-43H. The van der Waals surface area contributed by atoms with Crippen molar-refractivity contribution < 1.29 is 4.42 Å². The van der Waals surface area contributed by atoms with Gasteiger partial charge in [-0.25, -0.2) is 0 Å². The van der Waals surface area contributed by atoms with Crippen molar-refractivity contribution in [3.05, 3.63) is 261 Å². The summed E-state index contributed by atoms with van der Waals surface area (Å²) in [6.45, 7) is 0. The average Bonchev–Trinajstić information content (AvgIpc) is 3.83. The van der Waals surface area contributed by atoms with Crippen molar-refractivity contribution in [1.29, 1.82) is 0 Å². The lowest BCUT2D eigenvalue weighted by Gasteiger charge is -2.26. The summed E-state index contributed by atoms with van der Waals surface area (Å²) in [7, 11) is 0. The molecule has 326 valence electrons. The fourth-order valence-electron chi connectivity index (χ4n) is 11.2. The van der Waals surface area contributed by atoms with Crippen LogP contribution >= 0.6 is 0 Å². The summed E-state index contributed by atoms with van der Waals surface area (Å²) in [6.07, 6.45) is 0. The summed E-state index contributed by atoms with van der Waals surface area (Å²) in [6, 6.07) is 95.0. The van der Waals surface area contributed by atoms with E-state index in [1.165, 1.54) is 76.3 Å². The zero-order valence-electron chi connectivity index (χ0n) is 38.2. The van der Waals surface area contributed by atoms with E-state index in [-0.39, 0.29) is 0 Å². The van der Waals surface area contributed by atoms with Gasteiger partial charge < -0.3 is 9.32 Å². The van der Waals surface area contributed by atoms with Crippen LogP contribution in [0.4, 0.5) is 17.1 Å². The number of nitrogens with zero attached hydrogens (tertiary/aromatic N) is 1. The first-order valence-electron chi connectivity index (χ1n) is 24.1. The van der Waals surface area contributed by atoms with E-state index in [4.69, 9.17) is 4.42 Å². The lowest BCUT2D eigenvalue weighted by atomic mass is 9.84. The second-order valence-corrected chi connectivity index (χ2v) is 18.4. The van der Waals surface area contributed by atoms with E-state index < -0.39 is 0 Å². The minimum absolute atomic E-state index is 0.894. The van der Waals surface area contributed by atoms with Crippen molar-refractivity contribution in [2.45, 2.75) is 0 Å². The second kappa shape index (κ2) is 16.2. The molecule has 0 saturated heterocycles. The molecule has 0 aliphatic rings. The molecule has 14 rings (SSSR count). The zero-order valence-corrected chi connectivity index (χ0v) is 38.2. The second-order valence-electron chi connectivity index (χ2n) is 18.4. The Balaban J connectivity index is 0.903. The molecular weight excluding hydrogens is 847 g/mol. The maximum Gasteiger partial charge on any atom is 0.143 e. The number of furan rings is 1. The summed E-state index contributed by atoms with van der Waals surface area (Å²) in [5.41, 5.74) is 14.6. The minimum atomic E-state index is 0.894. The molecule has 2 heteroatoms. The van der Waals surface area contributed by atoms with Gasteiger partial charge in [-0.15, -0.1) is 0 Å². The quantitative estimate of drug-likeness (QED) is 0.148. The maximum atomic E-state index is 6.59. The molecule has 0 bridgehead atoms. The van der Waals surface area contributed by atoms with Crippen LogP contribution in [0.5, 0.6) is 0 Å². The van der Waals surface area contributed by atoms with Crippen LogP contribution in [0.3, 0.4) is 0 Å². The Kier molecular flexibility index (Phi) is 9.25. The fourth-order valence-corrected chi connectivity index (χ4v) is 11.2. The Morgan fingerprint density at radius 3 is 1.49 bits per heavy atom. The highest BCUT2D eigenvalue weighted by molar-refractivity contribution is 6.22. The van der Waals surface area contributed by atoms with Crippen LogP contribution in [0.2, 0.25) is 0 Å². The van der Waals surface area contributed by atoms with Gasteiger partial charge in [-0.2, -0.15) is 0 Å². The first-order valence-corrected chi connectivity index (χ1v) is 24.1. The number of hydrogen-bond acceptors (Lipinski definition) is 2. The molecule has 0 aliphatic carbocycles. The average molecular weight is 890 g/mol. The van der Waals surface area contributed by atoms with Crippen molar-refractivity contribution in [1.82, 2.24) is 0 Å². The van der Waals surface area contributed by atoms with Crippen LogP contribution in [0.25, 0.3) is 120 Å². The Morgan fingerprint density at radius 2 is 0.757 bits per heavy atom. The number of benzene rings is 13. The molecule has 70 heavy (non-hydrogen) atoms. The van der Waals surface area contributed by atoms with Crippen molar-refractivity contribution in [3.63, 3.8) is 0 Å². The van der Waals surface area contributed by atoms with Crippen LogP contribution in [-0.2, 0) is 0 Å². The SMILES string of the molecule is c1ccc(-c2c(-c3ccccc3)c3cc(-c4ccc(N(c5ccc(-c6cccc7oc8c9ccccc9ccc8c67)cc5)c5ccc6c(ccc7ccccc76)c5)cc4)ccc3c3ccccc23)cc1. The summed E-state index contributed by atoms with van der Waals surface area (Å²) >= 11 is 0. The van der Waals surface area contributed by atoms with Crippen LogP contribution < -0.4 is 4.90 Å². The molecule has 0 unspecified atom stereocenters. The Morgan fingerprint density at radius 1 is 0.257 bits per heavy atom. The molecule has 2 nitrogen and oxygen atoms in total. The van der Waals surface area contributed by atoms with Gasteiger partial charge >= 0.3 is 0 Å². The molecule has 0 fully saturated rings. The highest BCUT2D eigenvalue weighted by atomic mass is 16.3. The van der Waals surface area contributed by atoms with Gasteiger partial charge in [0.05, 0.1) is 0 Å². The van der Waals surface area contributed by atoms with Gasteiger partial charge in [0.15, 0.2) is 0 Å². The minimum Gasteiger partial charge on any atom is -0.455 e. The van der Waals surface area contributed by atoms with Gasteiger partial charge in [0.2, 0.25) is 0 Å². The number of anilines is 3. The van der Waals surface area contributed by atoms with E-state index in [2.05, 4.69) is 266 Å². The summed E-state index contributed by atoms with van der Waals surface area (Å²) in [5.74, 6) is 0. The Bertz CT molecular complexity index is 4320. The first-order chi connectivity index (χ1) is 34.7. The topological polar surface area (TPSA) is 16.4 Å². The first kappa shape index (κ1) is 39.9. The van der Waals surface area contributed by atoms with E-state index in [1.807, 2.05) is 0 Å². The molecule has 0 amide bonds. The van der Waals surface area contributed by atoms with E-state index >= 15 is 0 Å². The predicted octanol–water partition coefficient (Wildman–Crippen LogP) is 19.5. The van der Waals surface area contributed by atoms with Gasteiger partial charge in [0.1, 0.15) is 11.2 Å².